The number of Topliss-reactive ketones (excluding diaryl/α,β-unsaturated/α-hetero) is 1. The maximum absolute atomic E-state index is 12.7. The third-order valence-electron chi connectivity index (χ3n) is 5.58. The van der Waals surface area contributed by atoms with E-state index in [1.807, 2.05) is 6.92 Å². The van der Waals surface area contributed by atoms with E-state index in [-0.39, 0.29) is 29.6 Å². The van der Waals surface area contributed by atoms with E-state index in [1.54, 1.807) is 53.4 Å². The molecule has 1 saturated heterocycles. The number of piperidine rings is 1. The number of urea groups is 1. The molecule has 1 aliphatic rings. The number of carbonyl (C=O) groups excluding carboxylic acids is 3. The van der Waals surface area contributed by atoms with Gasteiger partial charge in [-0.25, -0.2) is 4.79 Å². The minimum atomic E-state index is -0.188. The monoisotopic (exact) mass is 427 g/mol. The molecule has 3 rings (SSSR count). The van der Waals surface area contributed by atoms with Crippen LogP contribution in [0.4, 0.5) is 16.2 Å². The zero-order valence-corrected chi connectivity index (χ0v) is 17.9. The SMILES string of the molecule is CC(=O)c1cccc(NC(=O)C(C)C2CCN(C(=O)Nc3ccc(Cl)cc3)CC2)c1. The van der Waals surface area contributed by atoms with Crippen LogP contribution >= 0.6 is 11.6 Å². The van der Waals surface area contributed by atoms with Crippen LogP contribution in [0, 0.1) is 11.8 Å². The van der Waals surface area contributed by atoms with E-state index in [9.17, 15) is 14.4 Å². The van der Waals surface area contributed by atoms with Gasteiger partial charge in [-0.2, -0.15) is 0 Å². The number of likely N-dealkylation sites (tertiary alicyclic amines) is 1. The molecule has 2 aromatic rings. The third-order valence-corrected chi connectivity index (χ3v) is 5.83. The molecule has 1 unspecified atom stereocenters. The van der Waals surface area contributed by atoms with Crippen molar-refractivity contribution in [3.8, 4) is 0 Å². The zero-order valence-electron chi connectivity index (χ0n) is 17.2. The first-order chi connectivity index (χ1) is 14.3. The Kier molecular flexibility index (Phi) is 7.11. The van der Waals surface area contributed by atoms with Crippen molar-refractivity contribution in [3.05, 3.63) is 59.1 Å². The average Bonchev–Trinajstić information content (AvgIpc) is 2.75. The Hall–Kier alpha value is -2.86. The molecule has 30 heavy (non-hydrogen) atoms. The lowest BCUT2D eigenvalue weighted by atomic mass is 9.85. The number of rotatable bonds is 5. The van der Waals surface area contributed by atoms with Crippen molar-refractivity contribution in [1.29, 1.82) is 0 Å². The van der Waals surface area contributed by atoms with Crippen molar-refractivity contribution in [3.63, 3.8) is 0 Å². The summed E-state index contributed by atoms with van der Waals surface area (Å²) < 4.78 is 0. The van der Waals surface area contributed by atoms with E-state index < -0.39 is 0 Å². The highest BCUT2D eigenvalue weighted by Crippen LogP contribution is 2.27. The number of nitrogens with one attached hydrogen (secondary N) is 2. The van der Waals surface area contributed by atoms with Crippen LogP contribution < -0.4 is 10.6 Å². The van der Waals surface area contributed by atoms with Gasteiger partial charge in [0.25, 0.3) is 0 Å². The molecule has 2 N–H and O–H groups in total. The van der Waals surface area contributed by atoms with Crippen molar-refractivity contribution in [1.82, 2.24) is 4.90 Å². The first kappa shape index (κ1) is 21.8. The van der Waals surface area contributed by atoms with Crippen LogP contribution in [0.15, 0.2) is 48.5 Å². The summed E-state index contributed by atoms with van der Waals surface area (Å²) in [5.41, 5.74) is 1.90. The van der Waals surface area contributed by atoms with Crippen LogP contribution in [0.3, 0.4) is 0 Å². The second-order valence-electron chi connectivity index (χ2n) is 7.68. The Morgan fingerprint density at radius 1 is 1.00 bits per heavy atom. The molecule has 0 bridgehead atoms. The number of halogens is 1. The van der Waals surface area contributed by atoms with Gasteiger partial charge < -0.3 is 15.5 Å². The summed E-state index contributed by atoms with van der Waals surface area (Å²) in [4.78, 5) is 38.4. The number of anilines is 2. The molecule has 1 aliphatic heterocycles. The molecule has 7 heteroatoms. The number of ketones is 1. The second-order valence-corrected chi connectivity index (χ2v) is 8.11. The van der Waals surface area contributed by atoms with Crippen molar-refractivity contribution < 1.29 is 14.4 Å². The molecule has 0 saturated carbocycles. The van der Waals surface area contributed by atoms with Crippen molar-refractivity contribution in [2.24, 2.45) is 11.8 Å². The molecule has 2 aromatic carbocycles. The Bertz CT molecular complexity index is 922. The maximum atomic E-state index is 12.7. The normalized spacial score (nSPS) is 15.4. The van der Waals surface area contributed by atoms with Gasteiger partial charge in [0.05, 0.1) is 0 Å². The van der Waals surface area contributed by atoms with Crippen LogP contribution in [0.5, 0.6) is 0 Å². The highest BCUT2D eigenvalue weighted by Gasteiger charge is 2.30. The van der Waals surface area contributed by atoms with Crippen LogP contribution in [-0.4, -0.2) is 35.7 Å². The summed E-state index contributed by atoms with van der Waals surface area (Å²) >= 11 is 5.87. The van der Waals surface area contributed by atoms with E-state index in [0.29, 0.717) is 35.1 Å². The minimum absolute atomic E-state index is 0.0385. The maximum Gasteiger partial charge on any atom is 0.321 e. The molecule has 0 aliphatic carbocycles. The van der Waals surface area contributed by atoms with Gasteiger partial charge in [0.2, 0.25) is 5.91 Å². The number of carbonyl (C=O) groups is 3. The van der Waals surface area contributed by atoms with Crippen molar-refractivity contribution >= 4 is 40.7 Å². The second kappa shape index (κ2) is 9.76. The van der Waals surface area contributed by atoms with Gasteiger partial charge in [0.15, 0.2) is 5.78 Å². The minimum Gasteiger partial charge on any atom is -0.326 e. The fourth-order valence-electron chi connectivity index (χ4n) is 3.62. The van der Waals surface area contributed by atoms with E-state index in [1.165, 1.54) is 6.92 Å². The molecule has 3 amide bonds. The summed E-state index contributed by atoms with van der Waals surface area (Å²) in [6.07, 6.45) is 1.52. The lowest BCUT2D eigenvalue weighted by Crippen LogP contribution is -2.43. The van der Waals surface area contributed by atoms with Gasteiger partial charge in [0.1, 0.15) is 0 Å². The quantitative estimate of drug-likeness (QED) is 0.654. The molecule has 0 aromatic heterocycles. The lowest BCUT2D eigenvalue weighted by Gasteiger charge is -2.34. The Balaban J connectivity index is 1.50. The van der Waals surface area contributed by atoms with E-state index in [2.05, 4.69) is 10.6 Å². The van der Waals surface area contributed by atoms with Gasteiger partial charge in [-0.15, -0.1) is 0 Å². The number of benzene rings is 2. The Morgan fingerprint density at radius 2 is 1.67 bits per heavy atom. The number of hydrogen-bond donors (Lipinski definition) is 2. The third kappa shape index (κ3) is 5.60. The van der Waals surface area contributed by atoms with Gasteiger partial charge in [-0.05, 0) is 62.1 Å². The Labute approximate surface area is 181 Å². The molecule has 158 valence electrons. The molecular weight excluding hydrogens is 402 g/mol. The van der Waals surface area contributed by atoms with Crippen LogP contribution in [-0.2, 0) is 4.79 Å². The molecule has 1 fully saturated rings. The predicted octanol–water partition coefficient (Wildman–Crippen LogP) is 5.06. The topological polar surface area (TPSA) is 78.5 Å². The highest BCUT2D eigenvalue weighted by atomic mass is 35.5. The molecule has 0 spiro atoms. The fraction of sp³-hybridized carbons (Fsp3) is 0.348. The number of amides is 3. The fourth-order valence-corrected chi connectivity index (χ4v) is 3.75. The summed E-state index contributed by atoms with van der Waals surface area (Å²) in [6.45, 7) is 4.61. The molecule has 1 atom stereocenters. The van der Waals surface area contributed by atoms with Gasteiger partial charge in [-0.3, -0.25) is 9.59 Å². The van der Waals surface area contributed by atoms with E-state index in [4.69, 9.17) is 11.6 Å². The summed E-state index contributed by atoms with van der Waals surface area (Å²) in [7, 11) is 0. The Morgan fingerprint density at radius 3 is 2.30 bits per heavy atom. The standard InChI is InChI=1S/C23H26ClN3O3/c1-15(22(29)25-21-5-3-4-18(14-21)16(2)28)17-10-12-27(13-11-17)23(30)26-20-8-6-19(24)7-9-20/h3-9,14-15,17H,10-13H2,1-2H3,(H,25,29)(H,26,30). The van der Waals surface area contributed by atoms with Crippen LogP contribution in [0.1, 0.15) is 37.0 Å². The summed E-state index contributed by atoms with van der Waals surface area (Å²) in [6, 6.07) is 13.8. The van der Waals surface area contributed by atoms with Crippen LogP contribution in [0.25, 0.3) is 0 Å². The molecule has 1 heterocycles. The van der Waals surface area contributed by atoms with Gasteiger partial charge in [-0.1, -0.05) is 30.7 Å². The van der Waals surface area contributed by atoms with Crippen molar-refractivity contribution in [2.75, 3.05) is 23.7 Å². The van der Waals surface area contributed by atoms with Gasteiger partial charge >= 0.3 is 6.03 Å². The first-order valence-electron chi connectivity index (χ1n) is 10.1. The first-order valence-corrected chi connectivity index (χ1v) is 10.4. The molecule has 6 nitrogen and oxygen atoms in total. The van der Waals surface area contributed by atoms with Gasteiger partial charge in [0, 0.05) is 41.0 Å². The largest absolute Gasteiger partial charge is 0.326 e. The molecule has 0 radical (unpaired) electrons. The van der Waals surface area contributed by atoms with E-state index >= 15 is 0 Å². The summed E-state index contributed by atoms with van der Waals surface area (Å²) in [5, 5.41) is 6.40. The lowest BCUT2D eigenvalue weighted by molar-refractivity contribution is -0.121. The smallest absolute Gasteiger partial charge is 0.321 e. The average molecular weight is 428 g/mol. The van der Waals surface area contributed by atoms with Crippen LogP contribution in [0.2, 0.25) is 5.02 Å². The number of hydrogen-bond acceptors (Lipinski definition) is 3. The molecular formula is C23H26ClN3O3. The highest BCUT2D eigenvalue weighted by molar-refractivity contribution is 6.30. The summed E-state index contributed by atoms with van der Waals surface area (Å²) in [5.74, 6) is -0.101. The zero-order chi connectivity index (χ0) is 21.7. The van der Waals surface area contributed by atoms with Crippen molar-refractivity contribution in [2.45, 2.75) is 26.7 Å². The predicted molar refractivity (Wildman–Crippen MR) is 119 cm³/mol. The number of nitrogens with zero attached hydrogens (tertiary/aromatic N) is 1. The van der Waals surface area contributed by atoms with E-state index in [0.717, 1.165) is 12.8 Å².